The lowest BCUT2D eigenvalue weighted by Crippen LogP contribution is -1.90. The maximum Gasteiger partial charge on any atom is 0.178 e. The van der Waals surface area contributed by atoms with E-state index >= 15 is 0 Å². The molecule has 0 saturated carbocycles. The van der Waals surface area contributed by atoms with Crippen molar-refractivity contribution in [2.75, 3.05) is 6.61 Å². The van der Waals surface area contributed by atoms with Crippen LogP contribution in [0.2, 0.25) is 0 Å². The van der Waals surface area contributed by atoms with Crippen LogP contribution in [0.3, 0.4) is 0 Å². The molecule has 2 aliphatic rings. The third-order valence-corrected chi connectivity index (χ3v) is 1.46. The van der Waals surface area contributed by atoms with Crippen molar-refractivity contribution in [3.05, 3.63) is 35.6 Å². The van der Waals surface area contributed by atoms with E-state index in [1.165, 1.54) is 0 Å². The monoisotopic (exact) mass is 134 g/mol. The summed E-state index contributed by atoms with van der Waals surface area (Å²) in [5.41, 5.74) is 1.03. The zero-order valence-electron chi connectivity index (χ0n) is 5.33. The topological polar surface area (TPSA) is 29.6 Å². The van der Waals surface area contributed by atoms with Crippen LogP contribution >= 0.6 is 0 Å². The van der Waals surface area contributed by atoms with Gasteiger partial charge in [-0.2, -0.15) is 0 Å². The third-order valence-electron chi connectivity index (χ3n) is 1.46. The van der Waals surface area contributed by atoms with Gasteiger partial charge in [-0.3, -0.25) is 4.79 Å². The van der Waals surface area contributed by atoms with Gasteiger partial charge in [-0.25, -0.2) is 0 Å². The Morgan fingerprint density at radius 2 is 1.80 bits per heavy atom. The molecule has 50 valence electrons. The smallest absolute Gasteiger partial charge is 0.178 e. The predicted molar refractivity (Wildman–Crippen MR) is 36.3 cm³/mol. The van der Waals surface area contributed by atoms with Gasteiger partial charge in [0.25, 0.3) is 0 Å². The Hall–Kier alpha value is -1.31. The highest BCUT2D eigenvalue weighted by Gasteiger charge is 2.17. The molecule has 10 heavy (non-hydrogen) atoms. The largest absolute Gasteiger partial charge is 0.486 e. The zero-order valence-corrected chi connectivity index (χ0v) is 5.33. The van der Waals surface area contributed by atoms with Gasteiger partial charge in [0.1, 0.15) is 12.4 Å². The third kappa shape index (κ3) is 0.880. The molecule has 2 nitrogen and oxygen atoms in total. The SMILES string of the molecule is O=C1C=CC(=C2CO2)C=C1. The number of hydrogen-bond acceptors (Lipinski definition) is 2. The van der Waals surface area contributed by atoms with E-state index < -0.39 is 0 Å². The lowest BCUT2D eigenvalue weighted by Gasteiger charge is -1.93. The van der Waals surface area contributed by atoms with Gasteiger partial charge in [0, 0.05) is 5.57 Å². The second-order valence-electron chi connectivity index (χ2n) is 2.24. The number of allylic oxidation sites excluding steroid dienone is 5. The Morgan fingerprint density at radius 1 is 1.20 bits per heavy atom. The Morgan fingerprint density at radius 3 is 2.30 bits per heavy atom. The summed E-state index contributed by atoms with van der Waals surface area (Å²) in [6.45, 7) is 0.720. The fraction of sp³-hybridized carbons (Fsp3) is 0.125. The van der Waals surface area contributed by atoms with Crippen LogP contribution < -0.4 is 0 Å². The van der Waals surface area contributed by atoms with E-state index in [0.29, 0.717) is 0 Å². The maximum atomic E-state index is 10.6. The molecule has 0 spiro atoms. The summed E-state index contributed by atoms with van der Waals surface area (Å²) in [5, 5.41) is 0. The molecule has 2 rings (SSSR count). The molecule has 0 radical (unpaired) electrons. The Balaban J connectivity index is 2.30. The van der Waals surface area contributed by atoms with Gasteiger partial charge < -0.3 is 4.74 Å². The predicted octanol–water partition coefficient (Wildman–Crippen LogP) is 0.966. The molecule has 0 aromatic rings. The number of rotatable bonds is 0. The van der Waals surface area contributed by atoms with E-state index in [0.717, 1.165) is 17.9 Å². The van der Waals surface area contributed by atoms with E-state index in [1.54, 1.807) is 24.3 Å². The van der Waals surface area contributed by atoms with Crippen molar-refractivity contribution in [1.29, 1.82) is 0 Å². The van der Waals surface area contributed by atoms with Gasteiger partial charge in [-0.05, 0) is 24.3 Å². The van der Waals surface area contributed by atoms with Crippen LogP contribution in [0, 0.1) is 0 Å². The summed E-state index contributed by atoms with van der Waals surface area (Å²) in [6.07, 6.45) is 6.66. The van der Waals surface area contributed by atoms with Gasteiger partial charge in [-0.1, -0.05) is 0 Å². The van der Waals surface area contributed by atoms with Crippen molar-refractivity contribution >= 4 is 5.78 Å². The second-order valence-corrected chi connectivity index (χ2v) is 2.24. The average Bonchev–Trinajstić information content (AvgIpc) is 2.71. The Kier molecular flexibility index (Phi) is 1.01. The van der Waals surface area contributed by atoms with E-state index in [1.807, 2.05) is 0 Å². The van der Waals surface area contributed by atoms with Crippen LogP contribution in [0.4, 0.5) is 0 Å². The van der Waals surface area contributed by atoms with Crippen molar-refractivity contribution in [2.24, 2.45) is 0 Å². The van der Waals surface area contributed by atoms with Crippen LogP contribution in [0.25, 0.3) is 0 Å². The first kappa shape index (κ1) is 5.47. The molecule has 2 heteroatoms. The summed E-state index contributed by atoms with van der Waals surface area (Å²) in [6, 6.07) is 0. The van der Waals surface area contributed by atoms with E-state index in [9.17, 15) is 4.79 Å². The normalized spacial score (nSPS) is 21.4. The molecule has 0 bridgehead atoms. The van der Waals surface area contributed by atoms with Crippen molar-refractivity contribution in [1.82, 2.24) is 0 Å². The minimum atomic E-state index is 0.0463. The first-order valence-electron chi connectivity index (χ1n) is 3.12. The molecular formula is C8H6O2. The van der Waals surface area contributed by atoms with E-state index in [2.05, 4.69) is 0 Å². The van der Waals surface area contributed by atoms with Crippen molar-refractivity contribution in [3.8, 4) is 0 Å². The molecule has 1 aliphatic heterocycles. The van der Waals surface area contributed by atoms with Crippen molar-refractivity contribution < 1.29 is 9.53 Å². The van der Waals surface area contributed by atoms with Gasteiger partial charge in [-0.15, -0.1) is 0 Å². The Labute approximate surface area is 58.5 Å². The van der Waals surface area contributed by atoms with Gasteiger partial charge in [0.15, 0.2) is 5.78 Å². The maximum absolute atomic E-state index is 10.6. The van der Waals surface area contributed by atoms with Crippen LogP contribution in [0.5, 0.6) is 0 Å². The molecule has 1 aliphatic carbocycles. The molecule has 0 N–H and O–H groups in total. The fourth-order valence-electron chi connectivity index (χ4n) is 0.844. The summed E-state index contributed by atoms with van der Waals surface area (Å²) in [7, 11) is 0. The first-order chi connectivity index (χ1) is 4.86. The Bertz CT molecular complexity index is 245. The molecule has 0 atom stereocenters. The van der Waals surface area contributed by atoms with Crippen molar-refractivity contribution in [3.63, 3.8) is 0 Å². The lowest BCUT2D eigenvalue weighted by molar-refractivity contribution is -0.110. The van der Waals surface area contributed by atoms with Crippen LogP contribution in [0.15, 0.2) is 35.6 Å². The van der Waals surface area contributed by atoms with E-state index in [4.69, 9.17) is 4.74 Å². The number of epoxide rings is 1. The molecule has 0 amide bonds. The fourth-order valence-corrected chi connectivity index (χ4v) is 0.844. The molecule has 0 aromatic carbocycles. The number of hydrogen-bond donors (Lipinski definition) is 0. The summed E-state index contributed by atoms with van der Waals surface area (Å²) in [5.74, 6) is 1.03. The molecule has 0 unspecified atom stereocenters. The van der Waals surface area contributed by atoms with Crippen LogP contribution in [-0.4, -0.2) is 12.4 Å². The van der Waals surface area contributed by atoms with Gasteiger partial charge in [0.2, 0.25) is 0 Å². The first-order valence-corrected chi connectivity index (χ1v) is 3.12. The number of carbonyl (C=O) groups excluding carboxylic acids is 1. The highest BCUT2D eigenvalue weighted by molar-refractivity contribution is 6.01. The van der Waals surface area contributed by atoms with Crippen LogP contribution in [-0.2, 0) is 9.53 Å². The highest BCUT2D eigenvalue weighted by atomic mass is 16.6. The standard InChI is InChI=1S/C8H6O2/c9-7-3-1-6(2-4-7)8-5-10-8/h1-4H,5H2. The number of ether oxygens (including phenoxy) is 1. The zero-order chi connectivity index (χ0) is 6.97. The molecule has 1 saturated heterocycles. The molecular weight excluding hydrogens is 128 g/mol. The minimum Gasteiger partial charge on any atom is -0.486 e. The highest BCUT2D eigenvalue weighted by Crippen LogP contribution is 2.22. The number of ketones is 1. The van der Waals surface area contributed by atoms with Crippen molar-refractivity contribution in [2.45, 2.75) is 0 Å². The molecule has 1 fully saturated rings. The summed E-state index contributed by atoms with van der Waals surface area (Å²) in [4.78, 5) is 10.6. The summed E-state index contributed by atoms with van der Waals surface area (Å²) < 4.78 is 4.95. The second kappa shape index (κ2) is 1.84. The summed E-state index contributed by atoms with van der Waals surface area (Å²) >= 11 is 0. The quantitative estimate of drug-likeness (QED) is 0.462. The molecule has 1 heterocycles. The average molecular weight is 134 g/mol. The van der Waals surface area contributed by atoms with E-state index in [-0.39, 0.29) is 5.78 Å². The van der Waals surface area contributed by atoms with Gasteiger partial charge in [0.05, 0.1) is 0 Å². The van der Waals surface area contributed by atoms with Gasteiger partial charge >= 0.3 is 0 Å². The number of carbonyl (C=O) groups is 1. The lowest BCUT2D eigenvalue weighted by atomic mass is 10.1. The minimum absolute atomic E-state index is 0.0463. The molecule has 0 aromatic heterocycles. The van der Waals surface area contributed by atoms with Crippen LogP contribution in [0.1, 0.15) is 0 Å².